The lowest BCUT2D eigenvalue weighted by molar-refractivity contribution is -0.172. The molecule has 3 rings (SSSR count). The van der Waals surface area contributed by atoms with Gasteiger partial charge in [0, 0.05) is 11.1 Å². The first kappa shape index (κ1) is 17.2. The lowest BCUT2D eigenvalue weighted by Gasteiger charge is -2.36. The van der Waals surface area contributed by atoms with Crippen molar-refractivity contribution in [3.63, 3.8) is 0 Å². The fraction of sp³-hybridized carbons (Fsp3) is 0.529. The number of allylic oxidation sites excluding steroid dienone is 3. The van der Waals surface area contributed by atoms with E-state index in [-0.39, 0.29) is 16.9 Å². The summed E-state index contributed by atoms with van der Waals surface area (Å²) in [6, 6.07) is -1.25. The number of hydrogen-bond donors (Lipinski definition) is 0. The first-order chi connectivity index (χ1) is 11.3. The van der Waals surface area contributed by atoms with Crippen LogP contribution in [0.15, 0.2) is 34.6 Å². The van der Waals surface area contributed by atoms with Gasteiger partial charge < -0.3 is 9.47 Å². The third-order valence-electron chi connectivity index (χ3n) is 4.36. The topological polar surface area (TPSA) is 55.8 Å². The molecule has 1 saturated carbocycles. The number of halogens is 2. The van der Waals surface area contributed by atoms with Crippen molar-refractivity contribution in [2.75, 3.05) is 0 Å². The number of cyclic esters (lactones) is 1. The van der Waals surface area contributed by atoms with E-state index >= 15 is 4.39 Å². The molecule has 0 aromatic rings. The zero-order valence-corrected chi connectivity index (χ0v) is 14.3. The predicted octanol–water partition coefficient (Wildman–Crippen LogP) is 3.95. The third-order valence-corrected chi connectivity index (χ3v) is 4.59. The highest BCUT2D eigenvalue weighted by atomic mass is 35.5. The third kappa shape index (κ3) is 3.00. The van der Waals surface area contributed by atoms with Crippen LogP contribution < -0.4 is 0 Å². The summed E-state index contributed by atoms with van der Waals surface area (Å²) in [6.07, 6.45) is 6.16. The molecule has 2 atom stereocenters. The predicted molar refractivity (Wildman–Crippen MR) is 85.7 cm³/mol. The summed E-state index contributed by atoms with van der Waals surface area (Å²) in [7, 11) is 0. The molecule has 2 amide bonds. The van der Waals surface area contributed by atoms with Crippen LogP contribution in [0.1, 0.15) is 39.5 Å². The van der Waals surface area contributed by atoms with Crippen LogP contribution in [0, 0.1) is 0 Å². The molecule has 0 bridgehead atoms. The zero-order chi connectivity index (χ0) is 17.5. The molecule has 0 aromatic heterocycles. The number of alkyl halides is 1. The monoisotopic (exact) mass is 355 g/mol. The van der Waals surface area contributed by atoms with Gasteiger partial charge in [-0.1, -0.05) is 30.5 Å². The Bertz CT molecular complexity index is 662. The Hall–Kier alpha value is -1.66. The number of hydrogen-bond acceptors (Lipinski definition) is 4. The minimum Gasteiger partial charge on any atom is -0.404 e. The van der Waals surface area contributed by atoms with E-state index in [1.807, 2.05) is 0 Å². The molecule has 2 unspecified atom stereocenters. The fourth-order valence-electron chi connectivity index (χ4n) is 3.19. The van der Waals surface area contributed by atoms with E-state index in [9.17, 15) is 9.59 Å². The molecule has 1 heterocycles. The summed E-state index contributed by atoms with van der Waals surface area (Å²) < 4.78 is 26.2. The van der Waals surface area contributed by atoms with Gasteiger partial charge in [-0.05, 0) is 38.3 Å². The minimum absolute atomic E-state index is 0.0720. The van der Waals surface area contributed by atoms with Gasteiger partial charge in [-0.2, -0.15) is 0 Å². The van der Waals surface area contributed by atoms with Crippen molar-refractivity contribution in [3.05, 3.63) is 34.6 Å². The molecule has 0 radical (unpaired) electrons. The Kier molecular flexibility index (Phi) is 4.53. The molecule has 1 saturated heterocycles. The highest BCUT2D eigenvalue weighted by Crippen LogP contribution is 2.38. The Morgan fingerprint density at radius 2 is 2.04 bits per heavy atom. The first-order valence-electron chi connectivity index (χ1n) is 7.98. The summed E-state index contributed by atoms with van der Waals surface area (Å²) >= 11 is 5.94. The SMILES string of the molecule is CC(C)=C1OC(=O)N(C2C=CC(Cl)=CC2(F)OC2CCCC2)C1=O. The van der Waals surface area contributed by atoms with E-state index in [1.165, 1.54) is 12.2 Å². The van der Waals surface area contributed by atoms with Crippen LogP contribution in [0.4, 0.5) is 9.18 Å². The van der Waals surface area contributed by atoms with Crippen LogP contribution in [0.5, 0.6) is 0 Å². The maximum absolute atomic E-state index is 15.6. The Balaban J connectivity index is 1.92. The van der Waals surface area contributed by atoms with Crippen LogP contribution in [0.3, 0.4) is 0 Å². The van der Waals surface area contributed by atoms with Crippen molar-refractivity contribution in [1.29, 1.82) is 0 Å². The molecule has 7 heteroatoms. The van der Waals surface area contributed by atoms with E-state index < -0.39 is 23.9 Å². The lowest BCUT2D eigenvalue weighted by Crippen LogP contribution is -2.53. The van der Waals surface area contributed by atoms with Crippen LogP contribution >= 0.6 is 11.6 Å². The number of carbonyl (C=O) groups excluding carboxylic acids is 2. The Morgan fingerprint density at radius 3 is 2.62 bits per heavy atom. The zero-order valence-electron chi connectivity index (χ0n) is 13.6. The molecule has 130 valence electrons. The van der Waals surface area contributed by atoms with E-state index in [0.29, 0.717) is 5.57 Å². The fourth-order valence-corrected chi connectivity index (χ4v) is 3.41. The van der Waals surface area contributed by atoms with Gasteiger partial charge in [-0.3, -0.25) is 4.79 Å². The number of amides is 2. The molecular weight excluding hydrogens is 337 g/mol. The summed E-state index contributed by atoms with van der Waals surface area (Å²) in [6.45, 7) is 3.30. The summed E-state index contributed by atoms with van der Waals surface area (Å²) in [5.41, 5.74) is 0.547. The number of imide groups is 1. The molecule has 1 aliphatic heterocycles. The maximum atomic E-state index is 15.6. The van der Waals surface area contributed by atoms with Crippen molar-refractivity contribution in [1.82, 2.24) is 4.90 Å². The van der Waals surface area contributed by atoms with Crippen LogP contribution in [0.2, 0.25) is 0 Å². The average molecular weight is 356 g/mol. The Morgan fingerprint density at radius 1 is 1.38 bits per heavy atom. The summed E-state index contributed by atoms with van der Waals surface area (Å²) in [5, 5.41) is 0.161. The lowest BCUT2D eigenvalue weighted by atomic mass is 10.0. The molecule has 0 aromatic carbocycles. The quantitative estimate of drug-likeness (QED) is 0.719. The van der Waals surface area contributed by atoms with E-state index in [4.69, 9.17) is 21.1 Å². The van der Waals surface area contributed by atoms with Crippen molar-refractivity contribution in [2.45, 2.75) is 57.5 Å². The minimum atomic E-state index is -2.37. The molecule has 2 fully saturated rings. The number of nitrogens with zero attached hydrogens (tertiary/aromatic N) is 1. The van der Waals surface area contributed by atoms with Crippen molar-refractivity contribution >= 4 is 23.6 Å². The van der Waals surface area contributed by atoms with Gasteiger partial charge in [0.15, 0.2) is 5.76 Å². The highest BCUT2D eigenvalue weighted by Gasteiger charge is 2.52. The highest BCUT2D eigenvalue weighted by molar-refractivity contribution is 6.31. The molecule has 0 N–H and O–H groups in total. The number of rotatable bonds is 3. The Labute approximate surface area is 144 Å². The van der Waals surface area contributed by atoms with Gasteiger partial charge in [0.05, 0.1) is 6.10 Å². The van der Waals surface area contributed by atoms with Crippen LogP contribution in [0.25, 0.3) is 0 Å². The van der Waals surface area contributed by atoms with E-state index in [1.54, 1.807) is 13.8 Å². The number of ether oxygens (including phenoxy) is 2. The van der Waals surface area contributed by atoms with Crippen LogP contribution in [-0.4, -0.2) is 34.9 Å². The molecule has 24 heavy (non-hydrogen) atoms. The first-order valence-corrected chi connectivity index (χ1v) is 8.36. The normalized spacial score (nSPS) is 30.8. The molecule has 5 nitrogen and oxygen atoms in total. The summed E-state index contributed by atoms with van der Waals surface area (Å²) in [4.78, 5) is 25.4. The van der Waals surface area contributed by atoms with Crippen molar-refractivity contribution in [2.24, 2.45) is 0 Å². The molecule has 3 aliphatic rings. The van der Waals surface area contributed by atoms with Gasteiger partial charge >= 0.3 is 6.09 Å². The van der Waals surface area contributed by atoms with Gasteiger partial charge in [0.25, 0.3) is 11.8 Å². The van der Waals surface area contributed by atoms with E-state index in [2.05, 4.69) is 0 Å². The second-order valence-electron chi connectivity index (χ2n) is 6.43. The largest absolute Gasteiger partial charge is 0.423 e. The van der Waals surface area contributed by atoms with Gasteiger partial charge in [0.1, 0.15) is 6.04 Å². The van der Waals surface area contributed by atoms with Crippen molar-refractivity contribution in [3.8, 4) is 0 Å². The van der Waals surface area contributed by atoms with E-state index in [0.717, 1.165) is 36.7 Å². The smallest absolute Gasteiger partial charge is 0.404 e. The van der Waals surface area contributed by atoms with Crippen molar-refractivity contribution < 1.29 is 23.5 Å². The summed E-state index contributed by atoms with van der Waals surface area (Å²) in [5.74, 6) is -3.11. The second kappa shape index (κ2) is 6.33. The van der Waals surface area contributed by atoms with Gasteiger partial charge in [-0.15, -0.1) is 0 Å². The molecule has 0 spiro atoms. The van der Waals surface area contributed by atoms with Crippen LogP contribution in [-0.2, 0) is 14.3 Å². The second-order valence-corrected chi connectivity index (χ2v) is 6.86. The standard InChI is InChI=1S/C17H19ClFNO4/c1-10(2)14-15(21)20(16(22)23-14)13-8-7-11(18)9-17(13,19)24-12-5-3-4-6-12/h7-9,12-13H,3-6H2,1-2H3. The number of carbonyl (C=O) groups is 2. The van der Waals surface area contributed by atoms with Gasteiger partial charge in [0.2, 0.25) is 0 Å². The maximum Gasteiger partial charge on any atom is 0.423 e. The average Bonchev–Trinajstić information content (AvgIpc) is 3.08. The molecular formula is C17H19ClFNO4. The van der Waals surface area contributed by atoms with Gasteiger partial charge in [-0.25, -0.2) is 14.1 Å². The molecule has 2 aliphatic carbocycles.